The molecule has 0 saturated carbocycles. The molecule has 0 bridgehead atoms. The minimum atomic E-state index is -0.481. The summed E-state index contributed by atoms with van der Waals surface area (Å²) in [7, 11) is 1.61. The van der Waals surface area contributed by atoms with Gasteiger partial charge in [-0.3, -0.25) is 14.9 Å². The van der Waals surface area contributed by atoms with Gasteiger partial charge in [0.1, 0.15) is 5.69 Å². The zero-order valence-corrected chi connectivity index (χ0v) is 15.7. The molecule has 0 spiro atoms. The standard InChI is InChI=1S/C18H17N3O3S2/c1-19-16-7-6-13(10-17(16)21(23)24)18(22)20(11-14-4-2-8-25-14)12-15-5-3-9-26-15/h2-10,19H,11-12H2,1H3. The Bertz CT molecular complexity index is 856. The van der Waals surface area contributed by atoms with Gasteiger partial charge in [-0.05, 0) is 35.0 Å². The lowest BCUT2D eigenvalue weighted by atomic mass is 10.1. The summed E-state index contributed by atoms with van der Waals surface area (Å²) in [6.45, 7) is 0.936. The summed E-state index contributed by atoms with van der Waals surface area (Å²) in [5.41, 5.74) is 0.587. The zero-order chi connectivity index (χ0) is 18.5. The molecule has 134 valence electrons. The van der Waals surface area contributed by atoms with Gasteiger partial charge in [0, 0.05) is 28.4 Å². The number of nitrogens with zero attached hydrogens (tertiary/aromatic N) is 2. The van der Waals surface area contributed by atoms with E-state index in [0.717, 1.165) is 9.75 Å². The molecule has 0 unspecified atom stereocenters. The Labute approximate surface area is 158 Å². The maximum atomic E-state index is 13.1. The van der Waals surface area contributed by atoms with Crippen molar-refractivity contribution in [2.24, 2.45) is 0 Å². The van der Waals surface area contributed by atoms with Crippen molar-refractivity contribution in [3.05, 3.63) is 78.7 Å². The third-order valence-corrected chi connectivity index (χ3v) is 5.57. The summed E-state index contributed by atoms with van der Waals surface area (Å²) in [6.07, 6.45) is 0. The monoisotopic (exact) mass is 387 g/mol. The summed E-state index contributed by atoms with van der Waals surface area (Å²) in [4.78, 5) is 27.7. The third kappa shape index (κ3) is 4.09. The van der Waals surface area contributed by atoms with Crippen molar-refractivity contribution in [3.8, 4) is 0 Å². The Hall–Kier alpha value is -2.71. The number of nitro benzene ring substituents is 1. The minimum Gasteiger partial charge on any atom is -0.383 e. The first-order valence-corrected chi connectivity index (χ1v) is 9.64. The van der Waals surface area contributed by atoms with E-state index in [9.17, 15) is 14.9 Å². The predicted molar refractivity (Wildman–Crippen MR) is 105 cm³/mol. The summed E-state index contributed by atoms with van der Waals surface area (Å²) in [5.74, 6) is -0.224. The first-order valence-electron chi connectivity index (χ1n) is 7.88. The first kappa shape index (κ1) is 18.1. The summed E-state index contributed by atoms with van der Waals surface area (Å²) in [5, 5.41) is 18.0. The predicted octanol–water partition coefficient (Wildman–Crippen LogP) is 4.60. The second-order valence-corrected chi connectivity index (χ2v) is 7.62. The largest absolute Gasteiger partial charge is 0.383 e. The Morgan fingerprint density at radius 1 is 1.12 bits per heavy atom. The number of thiophene rings is 2. The van der Waals surface area contributed by atoms with E-state index in [-0.39, 0.29) is 11.6 Å². The van der Waals surface area contributed by atoms with Crippen LogP contribution in [0.2, 0.25) is 0 Å². The highest BCUT2D eigenvalue weighted by Gasteiger charge is 2.22. The molecule has 0 aliphatic carbocycles. The maximum absolute atomic E-state index is 13.1. The van der Waals surface area contributed by atoms with E-state index < -0.39 is 4.92 Å². The van der Waals surface area contributed by atoms with Crippen molar-refractivity contribution in [1.82, 2.24) is 4.90 Å². The SMILES string of the molecule is CNc1ccc(C(=O)N(Cc2cccs2)Cc2cccs2)cc1[N+](=O)[O-]. The molecule has 0 radical (unpaired) electrons. The third-order valence-electron chi connectivity index (χ3n) is 3.85. The van der Waals surface area contributed by atoms with Crippen LogP contribution in [0, 0.1) is 10.1 Å². The molecule has 6 nitrogen and oxygen atoms in total. The number of amides is 1. The highest BCUT2D eigenvalue weighted by Crippen LogP contribution is 2.27. The van der Waals surface area contributed by atoms with Crippen LogP contribution in [-0.4, -0.2) is 22.8 Å². The van der Waals surface area contributed by atoms with Crippen molar-refractivity contribution >= 4 is 40.0 Å². The first-order chi connectivity index (χ1) is 12.6. The van der Waals surface area contributed by atoms with Crippen LogP contribution in [-0.2, 0) is 13.1 Å². The van der Waals surface area contributed by atoms with Gasteiger partial charge in [0.15, 0.2) is 0 Å². The van der Waals surface area contributed by atoms with Gasteiger partial charge in [-0.25, -0.2) is 0 Å². The lowest BCUT2D eigenvalue weighted by Crippen LogP contribution is -2.29. The number of rotatable bonds is 7. The molecule has 0 aliphatic heterocycles. The summed E-state index contributed by atoms with van der Waals surface area (Å²) >= 11 is 3.16. The van der Waals surface area contributed by atoms with Crippen molar-refractivity contribution in [2.75, 3.05) is 12.4 Å². The molecule has 0 saturated heterocycles. The van der Waals surface area contributed by atoms with Crippen LogP contribution >= 0.6 is 22.7 Å². The minimum absolute atomic E-state index is 0.106. The van der Waals surface area contributed by atoms with Crippen LogP contribution in [0.1, 0.15) is 20.1 Å². The zero-order valence-electron chi connectivity index (χ0n) is 14.0. The van der Waals surface area contributed by atoms with Crippen LogP contribution in [0.4, 0.5) is 11.4 Å². The van der Waals surface area contributed by atoms with E-state index in [1.54, 1.807) is 46.8 Å². The molecule has 8 heteroatoms. The fraction of sp³-hybridized carbons (Fsp3) is 0.167. The van der Waals surface area contributed by atoms with Gasteiger partial charge < -0.3 is 10.2 Å². The van der Waals surface area contributed by atoms with Crippen LogP contribution in [0.15, 0.2) is 53.2 Å². The van der Waals surface area contributed by atoms with E-state index >= 15 is 0 Å². The number of hydrogen-bond acceptors (Lipinski definition) is 6. The molecule has 26 heavy (non-hydrogen) atoms. The van der Waals surface area contributed by atoms with Gasteiger partial charge in [-0.15, -0.1) is 22.7 Å². The molecule has 0 aliphatic rings. The van der Waals surface area contributed by atoms with Crippen molar-refractivity contribution in [3.63, 3.8) is 0 Å². The Balaban J connectivity index is 1.91. The number of carbonyl (C=O) groups is 1. The van der Waals surface area contributed by atoms with Crippen LogP contribution < -0.4 is 5.32 Å². The lowest BCUT2D eigenvalue weighted by Gasteiger charge is -2.22. The van der Waals surface area contributed by atoms with Gasteiger partial charge in [0.05, 0.1) is 18.0 Å². The highest BCUT2D eigenvalue weighted by molar-refractivity contribution is 7.10. The maximum Gasteiger partial charge on any atom is 0.293 e. The van der Waals surface area contributed by atoms with E-state index in [4.69, 9.17) is 0 Å². The van der Waals surface area contributed by atoms with E-state index in [1.165, 1.54) is 6.07 Å². The van der Waals surface area contributed by atoms with E-state index in [0.29, 0.717) is 24.3 Å². The van der Waals surface area contributed by atoms with Gasteiger partial charge in [-0.1, -0.05) is 12.1 Å². The molecule has 3 rings (SSSR count). The number of benzene rings is 1. The number of carbonyl (C=O) groups excluding carboxylic acids is 1. The van der Waals surface area contributed by atoms with Gasteiger partial charge in [0.25, 0.3) is 11.6 Å². The molecule has 2 aromatic heterocycles. The molecular formula is C18H17N3O3S2. The van der Waals surface area contributed by atoms with E-state index in [2.05, 4.69) is 5.32 Å². The van der Waals surface area contributed by atoms with Crippen LogP contribution in [0.3, 0.4) is 0 Å². The van der Waals surface area contributed by atoms with Crippen molar-refractivity contribution in [2.45, 2.75) is 13.1 Å². The molecule has 2 heterocycles. The Morgan fingerprint density at radius 3 is 2.19 bits per heavy atom. The fourth-order valence-electron chi connectivity index (χ4n) is 2.59. The molecule has 1 amide bonds. The molecular weight excluding hydrogens is 370 g/mol. The number of nitrogens with one attached hydrogen (secondary N) is 1. The summed E-state index contributed by atoms with van der Waals surface area (Å²) in [6, 6.07) is 12.4. The Kier molecular flexibility index (Phi) is 5.65. The molecule has 0 atom stereocenters. The number of anilines is 1. The second-order valence-electron chi connectivity index (χ2n) is 5.56. The fourth-order valence-corrected chi connectivity index (χ4v) is 4.03. The normalized spacial score (nSPS) is 10.5. The average molecular weight is 387 g/mol. The van der Waals surface area contributed by atoms with Crippen LogP contribution in [0.5, 0.6) is 0 Å². The van der Waals surface area contributed by atoms with Gasteiger partial charge in [-0.2, -0.15) is 0 Å². The highest BCUT2D eigenvalue weighted by atomic mass is 32.1. The smallest absolute Gasteiger partial charge is 0.293 e. The number of hydrogen-bond donors (Lipinski definition) is 1. The topological polar surface area (TPSA) is 75.5 Å². The lowest BCUT2D eigenvalue weighted by molar-refractivity contribution is -0.384. The van der Waals surface area contributed by atoms with Crippen molar-refractivity contribution < 1.29 is 9.72 Å². The number of nitro groups is 1. The van der Waals surface area contributed by atoms with E-state index in [1.807, 2.05) is 35.0 Å². The Morgan fingerprint density at radius 2 is 1.73 bits per heavy atom. The van der Waals surface area contributed by atoms with Crippen molar-refractivity contribution in [1.29, 1.82) is 0 Å². The quantitative estimate of drug-likeness (QED) is 0.475. The molecule has 1 N–H and O–H groups in total. The summed E-state index contributed by atoms with van der Waals surface area (Å²) < 4.78 is 0. The van der Waals surface area contributed by atoms with Gasteiger partial charge in [0.2, 0.25) is 0 Å². The molecule has 1 aromatic carbocycles. The van der Waals surface area contributed by atoms with Crippen LogP contribution in [0.25, 0.3) is 0 Å². The molecule has 0 fully saturated rings. The second kappa shape index (κ2) is 8.11. The molecule has 3 aromatic rings. The van der Waals surface area contributed by atoms with Gasteiger partial charge >= 0.3 is 0 Å². The average Bonchev–Trinajstić information content (AvgIpc) is 3.34.